The van der Waals surface area contributed by atoms with Gasteiger partial charge in [0, 0.05) is 7.05 Å². The fourth-order valence-corrected chi connectivity index (χ4v) is 4.91. The molecule has 0 fully saturated rings. The number of nitrogens with one attached hydrogen (secondary N) is 1. The molecule has 6 nitrogen and oxygen atoms in total. The van der Waals surface area contributed by atoms with Crippen molar-refractivity contribution in [3.05, 3.63) is 84.2 Å². The van der Waals surface area contributed by atoms with Crippen molar-refractivity contribution in [2.75, 3.05) is 16.1 Å². The van der Waals surface area contributed by atoms with E-state index in [0.29, 0.717) is 11.3 Å². The van der Waals surface area contributed by atoms with Crippen LogP contribution in [0, 0.1) is 12.7 Å². The van der Waals surface area contributed by atoms with Gasteiger partial charge in [-0.25, -0.2) is 21.2 Å². The maximum Gasteiger partial charge on any atom is 0.264 e. The van der Waals surface area contributed by atoms with E-state index in [0.717, 1.165) is 10.4 Å². The third-order valence-corrected chi connectivity index (χ3v) is 7.48. The highest BCUT2D eigenvalue weighted by Crippen LogP contribution is 2.25. The maximum absolute atomic E-state index is 13.7. The number of nitrogens with zero attached hydrogens (tertiary/aromatic N) is 1. The van der Waals surface area contributed by atoms with Gasteiger partial charge in [-0.2, -0.15) is 0 Å². The van der Waals surface area contributed by atoms with E-state index in [-0.39, 0.29) is 15.5 Å². The van der Waals surface area contributed by atoms with Crippen LogP contribution in [0.3, 0.4) is 0 Å². The normalized spacial score (nSPS) is 11.8. The predicted molar refractivity (Wildman–Crippen MR) is 110 cm³/mol. The van der Waals surface area contributed by atoms with Crippen LogP contribution in [0.1, 0.15) is 5.56 Å². The van der Waals surface area contributed by atoms with Gasteiger partial charge in [-0.1, -0.05) is 30.3 Å². The zero-order chi connectivity index (χ0) is 21.2. The molecule has 0 spiro atoms. The number of rotatable bonds is 6. The fourth-order valence-electron chi connectivity index (χ4n) is 2.61. The average Bonchev–Trinajstić information content (AvgIpc) is 2.70. The molecule has 152 valence electrons. The number of aryl methyl sites for hydroxylation is 1. The summed E-state index contributed by atoms with van der Waals surface area (Å²) >= 11 is 0. The van der Waals surface area contributed by atoms with E-state index in [4.69, 9.17) is 0 Å². The predicted octanol–water partition coefficient (Wildman–Crippen LogP) is 3.76. The van der Waals surface area contributed by atoms with Crippen LogP contribution in [0.2, 0.25) is 0 Å². The van der Waals surface area contributed by atoms with Gasteiger partial charge in [0.2, 0.25) is 0 Å². The molecule has 0 aliphatic carbocycles. The SMILES string of the molecule is Cc1ccc(S(=O)(=O)Nc2cccc(S(=O)(=O)N(C)c3ccccc3)c2)cc1F. The molecule has 9 heteroatoms. The van der Waals surface area contributed by atoms with E-state index in [1.807, 2.05) is 0 Å². The number of sulfonamides is 2. The summed E-state index contributed by atoms with van der Waals surface area (Å²) in [6.07, 6.45) is 0. The molecule has 3 rings (SSSR count). The molecule has 0 heterocycles. The first-order valence-electron chi connectivity index (χ1n) is 8.54. The van der Waals surface area contributed by atoms with Crippen LogP contribution < -0.4 is 9.03 Å². The Kier molecular flexibility index (Phi) is 5.63. The standard InChI is InChI=1S/C20H19FN2O4S2/c1-15-11-12-18(14-20(15)21)28(24,25)22-16-7-6-10-19(13-16)29(26,27)23(2)17-8-4-3-5-9-17/h3-14,22H,1-2H3. The molecule has 0 radical (unpaired) electrons. The Labute approximate surface area is 169 Å². The number of para-hydroxylation sites is 1. The van der Waals surface area contributed by atoms with Gasteiger partial charge in [-0.05, 0) is 55.0 Å². The zero-order valence-electron chi connectivity index (χ0n) is 15.7. The van der Waals surface area contributed by atoms with Crippen molar-refractivity contribution in [1.82, 2.24) is 0 Å². The number of hydrogen-bond acceptors (Lipinski definition) is 4. The Morgan fingerprint density at radius 1 is 0.828 bits per heavy atom. The lowest BCUT2D eigenvalue weighted by atomic mass is 10.2. The molecule has 0 unspecified atom stereocenters. The molecular weight excluding hydrogens is 415 g/mol. The molecule has 0 aromatic heterocycles. The Morgan fingerprint density at radius 3 is 2.17 bits per heavy atom. The van der Waals surface area contributed by atoms with Crippen LogP contribution in [0.25, 0.3) is 0 Å². The smallest absolute Gasteiger partial charge is 0.264 e. The summed E-state index contributed by atoms with van der Waals surface area (Å²) in [5.74, 6) is -0.645. The van der Waals surface area contributed by atoms with Crippen molar-refractivity contribution in [2.24, 2.45) is 0 Å². The van der Waals surface area contributed by atoms with Crippen LogP contribution in [0.15, 0.2) is 82.6 Å². The molecular formula is C20H19FN2O4S2. The molecule has 29 heavy (non-hydrogen) atoms. The molecule has 0 bridgehead atoms. The highest BCUT2D eigenvalue weighted by Gasteiger charge is 2.22. The lowest BCUT2D eigenvalue weighted by Crippen LogP contribution is -2.26. The summed E-state index contributed by atoms with van der Waals surface area (Å²) in [6.45, 7) is 1.52. The van der Waals surface area contributed by atoms with Crippen molar-refractivity contribution in [2.45, 2.75) is 16.7 Å². The van der Waals surface area contributed by atoms with Gasteiger partial charge in [-0.3, -0.25) is 9.03 Å². The van der Waals surface area contributed by atoms with E-state index in [2.05, 4.69) is 4.72 Å². The molecule has 0 saturated carbocycles. The molecule has 1 N–H and O–H groups in total. The van der Waals surface area contributed by atoms with Crippen LogP contribution in [-0.2, 0) is 20.0 Å². The van der Waals surface area contributed by atoms with Crippen LogP contribution >= 0.6 is 0 Å². The topological polar surface area (TPSA) is 83.5 Å². The monoisotopic (exact) mass is 434 g/mol. The van der Waals surface area contributed by atoms with Crippen molar-refractivity contribution < 1.29 is 21.2 Å². The lowest BCUT2D eigenvalue weighted by Gasteiger charge is -2.20. The molecule has 0 atom stereocenters. The molecule has 0 saturated heterocycles. The number of hydrogen-bond donors (Lipinski definition) is 1. The average molecular weight is 435 g/mol. The van der Waals surface area contributed by atoms with E-state index < -0.39 is 25.9 Å². The lowest BCUT2D eigenvalue weighted by molar-refractivity contribution is 0.592. The molecule has 0 aliphatic heterocycles. The van der Waals surface area contributed by atoms with E-state index >= 15 is 0 Å². The number of anilines is 2. The number of halogens is 1. The minimum Gasteiger partial charge on any atom is -0.280 e. The van der Waals surface area contributed by atoms with Gasteiger partial charge < -0.3 is 0 Å². The second-order valence-corrected chi connectivity index (χ2v) is 10.0. The largest absolute Gasteiger partial charge is 0.280 e. The van der Waals surface area contributed by atoms with Crippen LogP contribution in [-0.4, -0.2) is 23.9 Å². The second-order valence-electron chi connectivity index (χ2n) is 6.35. The Bertz CT molecular complexity index is 1240. The van der Waals surface area contributed by atoms with Gasteiger partial charge >= 0.3 is 0 Å². The van der Waals surface area contributed by atoms with Gasteiger partial charge in [0.05, 0.1) is 21.2 Å². The summed E-state index contributed by atoms with van der Waals surface area (Å²) in [5.41, 5.74) is 0.836. The second kappa shape index (κ2) is 7.84. The summed E-state index contributed by atoms with van der Waals surface area (Å²) < 4.78 is 68.0. The minimum atomic E-state index is -4.09. The van der Waals surface area contributed by atoms with Crippen molar-refractivity contribution in [3.8, 4) is 0 Å². The zero-order valence-corrected chi connectivity index (χ0v) is 17.3. The van der Waals surface area contributed by atoms with E-state index in [9.17, 15) is 21.2 Å². The number of benzene rings is 3. The van der Waals surface area contributed by atoms with Crippen molar-refractivity contribution >= 4 is 31.4 Å². The van der Waals surface area contributed by atoms with Crippen molar-refractivity contribution in [3.63, 3.8) is 0 Å². The van der Waals surface area contributed by atoms with Crippen molar-refractivity contribution in [1.29, 1.82) is 0 Å². The van der Waals surface area contributed by atoms with Gasteiger partial charge in [-0.15, -0.1) is 0 Å². The summed E-state index contributed by atoms with van der Waals surface area (Å²) in [4.78, 5) is -0.339. The highest BCUT2D eigenvalue weighted by atomic mass is 32.2. The molecule has 3 aromatic rings. The molecule has 0 amide bonds. The Morgan fingerprint density at radius 2 is 1.52 bits per heavy atom. The quantitative estimate of drug-likeness (QED) is 0.640. The molecule has 0 aliphatic rings. The highest BCUT2D eigenvalue weighted by molar-refractivity contribution is 7.93. The van der Waals surface area contributed by atoms with Gasteiger partial charge in [0.1, 0.15) is 5.82 Å². The maximum atomic E-state index is 13.7. The summed E-state index contributed by atoms with van der Waals surface area (Å²) in [6, 6.07) is 17.5. The van der Waals surface area contributed by atoms with Crippen LogP contribution in [0.5, 0.6) is 0 Å². The summed E-state index contributed by atoms with van der Waals surface area (Å²) in [5, 5.41) is 0. The van der Waals surface area contributed by atoms with E-state index in [1.165, 1.54) is 50.4 Å². The van der Waals surface area contributed by atoms with Crippen LogP contribution in [0.4, 0.5) is 15.8 Å². The first kappa shape index (κ1) is 20.8. The van der Waals surface area contributed by atoms with E-state index in [1.54, 1.807) is 30.3 Å². The first-order chi connectivity index (χ1) is 13.6. The Balaban J connectivity index is 1.92. The Hall–Kier alpha value is -2.91. The fraction of sp³-hybridized carbons (Fsp3) is 0.100. The first-order valence-corrected chi connectivity index (χ1v) is 11.5. The molecule has 3 aromatic carbocycles. The van der Waals surface area contributed by atoms with Gasteiger partial charge in [0.15, 0.2) is 0 Å². The third-order valence-electron chi connectivity index (χ3n) is 4.32. The summed E-state index contributed by atoms with van der Waals surface area (Å²) in [7, 11) is -6.58. The van der Waals surface area contributed by atoms with Gasteiger partial charge in [0.25, 0.3) is 20.0 Å². The minimum absolute atomic E-state index is 0.0496. The third kappa shape index (κ3) is 4.41.